The van der Waals surface area contributed by atoms with E-state index in [0.717, 1.165) is 63.5 Å². The maximum atomic E-state index is 13.4. The molecule has 6 heteroatoms. The summed E-state index contributed by atoms with van der Waals surface area (Å²) < 4.78 is 2.22. The van der Waals surface area contributed by atoms with Gasteiger partial charge in [-0.3, -0.25) is 9.59 Å². The Morgan fingerprint density at radius 1 is 1.12 bits per heavy atom. The van der Waals surface area contributed by atoms with Crippen molar-refractivity contribution in [2.24, 2.45) is 10.8 Å². The molecule has 1 aromatic heterocycles. The first-order chi connectivity index (χ1) is 16.5. The molecule has 2 N–H and O–H groups in total. The van der Waals surface area contributed by atoms with E-state index in [2.05, 4.69) is 39.1 Å². The molecule has 2 heterocycles. The molecule has 1 aliphatic heterocycles. The van der Waals surface area contributed by atoms with Crippen LogP contribution in [-0.2, 0) is 9.59 Å². The standard InChI is InChI=1S/C28H35N3O3/c32-20-8-6-19(7-9-20)30-26(34)28-11-3-10-27(12-14-28,13-15-28)25(33)16-23-21-4-1-2-5-22(21)24-17-29-18-31(23)24/h1-2,4-5,17-19,23,25,33H,3,6-16H2,(H,30,34). The molecule has 4 saturated carbocycles. The number of carbonyl (C=O) groups is 2. The number of rotatable bonds is 5. The number of fused-ring (bicyclic) bond motifs is 7. The molecular weight excluding hydrogens is 426 g/mol. The van der Waals surface area contributed by atoms with Gasteiger partial charge in [0, 0.05) is 29.9 Å². The molecule has 2 aromatic rings. The molecular formula is C28H35N3O3. The Morgan fingerprint density at radius 2 is 1.88 bits per heavy atom. The summed E-state index contributed by atoms with van der Waals surface area (Å²) in [6, 6.07) is 8.74. The summed E-state index contributed by atoms with van der Waals surface area (Å²) in [6.45, 7) is 0. The van der Waals surface area contributed by atoms with Gasteiger partial charge in [0.2, 0.25) is 5.91 Å². The second kappa shape index (κ2) is 8.33. The molecule has 2 bridgehead atoms. The number of Topliss-reactive ketones (excluding diaryl/α,β-unsaturated/α-hetero) is 1. The van der Waals surface area contributed by atoms with E-state index in [-0.39, 0.29) is 28.8 Å². The molecule has 5 aliphatic rings. The van der Waals surface area contributed by atoms with Crippen molar-refractivity contribution in [2.45, 2.75) is 95.2 Å². The zero-order valence-corrected chi connectivity index (χ0v) is 19.8. The molecule has 180 valence electrons. The SMILES string of the molecule is O=C1CCC(NC(=O)C23CCCC(C(O)CC4c5ccccc5-c5cncn54)(CC2)CC3)CC1. The van der Waals surface area contributed by atoms with Gasteiger partial charge in [-0.05, 0) is 68.8 Å². The van der Waals surface area contributed by atoms with Gasteiger partial charge in [0.05, 0.1) is 30.4 Å². The van der Waals surface area contributed by atoms with Crippen molar-refractivity contribution in [1.29, 1.82) is 0 Å². The number of aromatic nitrogens is 2. The predicted molar refractivity (Wildman–Crippen MR) is 129 cm³/mol. The Hall–Kier alpha value is -2.47. The van der Waals surface area contributed by atoms with Gasteiger partial charge >= 0.3 is 0 Å². The minimum atomic E-state index is -0.401. The lowest BCUT2D eigenvalue weighted by atomic mass is 9.62. The van der Waals surface area contributed by atoms with E-state index < -0.39 is 6.10 Å². The van der Waals surface area contributed by atoms with Gasteiger partial charge in [-0.15, -0.1) is 0 Å². The van der Waals surface area contributed by atoms with Crippen LogP contribution in [0.2, 0.25) is 0 Å². The predicted octanol–water partition coefficient (Wildman–Crippen LogP) is 4.56. The summed E-state index contributed by atoms with van der Waals surface area (Å²) in [6.07, 6.45) is 13.3. The first-order valence-corrected chi connectivity index (χ1v) is 13.1. The highest BCUT2D eigenvalue weighted by Crippen LogP contribution is 2.57. The Bertz CT molecular complexity index is 1090. The molecule has 2 unspecified atom stereocenters. The summed E-state index contributed by atoms with van der Waals surface area (Å²) in [5.41, 5.74) is 3.24. The molecule has 4 fully saturated rings. The van der Waals surface area contributed by atoms with E-state index in [1.165, 1.54) is 11.1 Å². The zero-order chi connectivity index (χ0) is 23.3. The number of hydrogen-bond acceptors (Lipinski definition) is 4. The summed E-state index contributed by atoms with van der Waals surface area (Å²) >= 11 is 0. The van der Waals surface area contributed by atoms with Crippen molar-refractivity contribution >= 4 is 11.7 Å². The fraction of sp³-hybridized carbons (Fsp3) is 0.607. The van der Waals surface area contributed by atoms with Crippen molar-refractivity contribution in [3.8, 4) is 11.3 Å². The molecule has 7 rings (SSSR count). The van der Waals surface area contributed by atoms with E-state index in [4.69, 9.17) is 0 Å². The normalized spacial score (nSPS) is 31.6. The van der Waals surface area contributed by atoms with Crippen molar-refractivity contribution in [2.75, 3.05) is 0 Å². The highest BCUT2D eigenvalue weighted by molar-refractivity contribution is 5.84. The van der Waals surface area contributed by atoms with Crippen molar-refractivity contribution in [1.82, 2.24) is 14.9 Å². The molecule has 2 atom stereocenters. The minimum Gasteiger partial charge on any atom is -0.392 e. The Balaban J connectivity index is 1.16. The maximum absolute atomic E-state index is 13.4. The Morgan fingerprint density at radius 3 is 2.68 bits per heavy atom. The van der Waals surface area contributed by atoms with E-state index in [0.29, 0.717) is 25.0 Å². The number of carbonyl (C=O) groups excluding carboxylic acids is 2. The van der Waals surface area contributed by atoms with Gasteiger partial charge < -0.3 is 15.0 Å². The van der Waals surface area contributed by atoms with E-state index in [1.807, 2.05) is 12.5 Å². The smallest absolute Gasteiger partial charge is 0.226 e. The third kappa shape index (κ3) is 3.53. The third-order valence-electron chi connectivity index (χ3n) is 9.64. The molecule has 1 aromatic carbocycles. The topological polar surface area (TPSA) is 84.2 Å². The van der Waals surface area contributed by atoms with Gasteiger partial charge in [-0.2, -0.15) is 0 Å². The number of imidazole rings is 1. The molecule has 34 heavy (non-hydrogen) atoms. The number of hydrogen-bond donors (Lipinski definition) is 2. The van der Waals surface area contributed by atoms with Gasteiger partial charge in [0.25, 0.3) is 0 Å². The maximum Gasteiger partial charge on any atom is 0.226 e. The van der Waals surface area contributed by atoms with Crippen molar-refractivity contribution in [3.63, 3.8) is 0 Å². The summed E-state index contributed by atoms with van der Waals surface area (Å²) in [5, 5.41) is 15.0. The van der Waals surface area contributed by atoms with Crippen LogP contribution in [0.3, 0.4) is 0 Å². The number of ketones is 1. The molecule has 4 aliphatic carbocycles. The molecule has 1 amide bonds. The molecule has 0 radical (unpaired) electrons. The van der Waals surface area contributed by atoms with Crippen LogP contribution in [0.15, 0.2) is 36.8 Å². The first-order valence-electron chi connectivity index (χ1n) is 13.1. The monoisotopic (exact) mass is 461 g/mol. The lowest BCUT2D eigenvalue weighted by Crippen LogP contribution is -2.49. The fourth-order valence-corrected chi connectivity index (χ4v) is 7.40. The van der Waals surface area contributed by atoms with Gasteiger partial charge in [0.15, 0.2) is 0 Å². The highest BCUT2D eigenvalue weighted by Gasteiger charge is 2.52. The average Bonchev–Trinajstić information content (AvgIpc) is 3.31. The summed E-state index contributed by atoms with van der Waals surface area (Å²) in [4.78, 5) is 29.3. The largest absolute Gasteiger partial charge is 0.392 e. The quantitative estimate of drug-likeness (QED) is 0.684. The molecule has 0 spiro atoms. The summed E-state index contributed by atoms with van der Waals surface area (Å²) in [7, 11) is 0. The number of amides is 1. The molecule has 0 saturated heterocycles. The zero-order valence-electron chi connectivity index (χ0n) is 19.8. The van der Waals surface area contributed by atoms with Crippen LogP contribution >= 0.6 is 0 Å². The van der Waals surface area contributed by atoms with Crippen LogP contribution in [0, 0.1) is 10.8 Å². The molecule has 6 nitrogen and oxygen atoms in total. The van der Waals surface area contributed by atoms with E-state index >= 15 is 0 Å². The Kier molecular flexibility index (Phi) is 5.40. The third-order valence-corrected chi connectivity index (χ3v) is 9.64. The van der Waals surface area contributed by atoms with Crippen molar-refractivity contribution < 1.29 is 14.7 Å². The van der Waals surface area contributed by atoms with Crippen molar-refractivity contribution in [3.05, 3.63) is 42.4 Å². The van der Waals surface area contributed by atoms with Gasteiger partial charge in [-0.1, -0.05) is 30.7 Å². The van der Waals surface area contributed by atoms with Gasteiger partial charge in [0.1, 0.15) is 5.78 Å². The second-order valence-corrected chi connectivity index (χ2v) is 11.3. The van der Waals surface area contributed by atoms with E-state index in [1.54, 1.807) is 0 Å². The number of aliphatic hydroxyl groups is 1. The van der Waals surface area contributed by atoms with E-state index in [9.17, 15) is 14.7 Å². The lowest BCUT2D eigenvalue weighted by Gasteiger charge is -2.45. The number of nitrogens with one attached hydrogen (secondary N) is 1. The fourth-order valence-electron chi connectivity index (χ4n) is 7.40. The number of nitrogens with zero attached hydrogens (tertiary/aromatic N) is 2. The van der Waals surface area contributed by atoms with Crippen LogP contribution in [0.5, 0.6) is 0 Å². The first kappa shape index (κ1) is 22.0. The summed E-state index contributed by atoms with van der Waals surface area (Å²) in [5.74, 6) is 0.520. The number of benzene rings is 1. The minimum absolute atomic E-state index is 0.101. The van der Waals surface area contributed by atoms with Crippen LogP contribution in [-0.4, -0.2) is 38.5 Å². The van der Waals surface area contributed by atoms with Gasteiger partial charge in [-0.25, -0.2) is 4.98 Å². The van der Waals surface area contributed by atoms with Crippen LogP contribution in [0.1, 0.15) is 88.7 Å². The van der Waals surface area contributed by atoms with Crippen LogP contribution < -0.4 is 5.32 Å². The van der Waals surface area contributed by atoms with Crippen LogP contribution in [0.4, 0.5) is 0 Å². The second-order valence-electron chi connectivity index (χ2n) is 11.3. The Labute approximate surface area is 201 Å². The highest BCUT2D eigenvalue weighted by atomic mass is 16.3. The average molecular weight is 462 g/mol. The number of aliphatic hydroxyl groups excluding tert-OH is 1. The lowest BCUT2D eigenvalue weighted by molar-refractivity contribution is -0.137. The van der Waals surface area contributed by atoms with Crippen LogP contribution in [0.25, 0.3) is 11.3 Å².